The van der Waals surface area contributed by atoms with Crippen molar-refractivity contribution in [2.75, 3.05) is 20.6 Å². The van der Waals surface area contributed by atoms with Gasteiger partial charge in [-0.2, -0.15) is 0 Å². The normalized spacial score (nSPS) is 13.6. The summed E-state index contributed by atoms with van der Waals surface area (Å²) >= 11 is 0. The Labute approximate surface area is 151 Å². The van der Waals surface area contributed by atoms with Gasteiger partial charge in [-0.25, -0.2) is 0 Å². The molecular weight excluding hydrogens is 306 g/mol. The van der Waals surface area contributed by atoms with E-state index in [1.807, 2.05) is 6.07 Å². The van der Waals surface area contributed by atoms with Gasteiger partial charge >= 0.3 is 0 Å². The molecule has 1 heterocycles. The highest BCUT2D eigenvalue weighted by Gasteiger charge is 2.17. The van der Waals surface area contributed by atoms with Gasteiger partial charge in [-0.05, 0) is 43.3 Å². The number of nitrogens with zero attached hydrogens (tertiary/aromatic N) is 1. The molecule has 2 heteroatoms. The van der Waals surface area contributed by atoms with E-state index in [2.05, 4.69) is 80.7 Å². The molecule has 0 fully saturated rings. The fourth-order valence-electron chi connectivity index (χ4n) is 2.71. The fourth-order valence-corrected chi connectivity index (χ4v) is 2.71. The number of rotatable bonds is 4. The molecule has 0 spiro atoms. The molecule has 2 aromatic carbocycles. The van der Waals surface area contributed by atoms with Crippen molar-refractivity contribution in [1.82, 2.24) is 4.90 Å². The van der Waals surface area contributed by atoms with E-state index >= 15 is 0 Å². The number of hydrogen-bond acceptors (Lipinski definition) is 2. The average molecular weight is 333 g/mol. The maximum Gasteiger partial charge on any atom is 0.127 e. The van der Waals surface area contributed by atoms with Crippen LogP contribution in [0.2, 0.25) is 0 Å². The molecule has 1 aliphatic rings. The highest BCUT2D eigenvalue weighted by molar-refractivity contribution is 5.84. The minimum Gasteiger partial charge on any atom is -0.488 e. The van der Waals surface area contributed by atoms with Gasteiger partial charge in [0.1, 0.15) is 12.4 Å². The first kappa shape index (κ1) is 18.8. The fraction of sp³-hybridized carbons (Fsp3) is 0.217. The SMILES string of the molecule is C=CC=C.CN(C)CC/C=C1\c2ccccc2COc2ccccc21. The van der Waals surface area contributed by atoms with Crippen LogP contribution < -0.4 is 4.74 Å². The molecule has 3 rings (SSSR count). The third kappa shape index (κ3) is 5.20. The van der Waals surface area contributed by atoms with Gasteiger partial charge in [0.2, 0.25) is 0 Å². The Kier molecular flexibility index (Phi) is 7.24. The van der Waals surface area contributed by atoms with Crippen LogP contribution in [-0.4, -0.2) is 25.5 Å². The summed E-state index contributed by atoms with van der Waals surface area (Å²) in [5.74, 6) is 0.977. The number of allylic oxidation sites excluding steroid dienone is 2. The zero-order valence-corrected chi connectivity index (χ0v) is 15.2. The monoisotopic (exact) mass is 333 g/mol. The molecule has 2 aromatic rings. The van der Waals surface area contributed by atoms with Crippen LogP contribution in [0.25, 0.3) is 5.57 Å². The third-order valence-corrected chi connectivity index (χ3v) is 3.96. The second-order valence-electron chi connectivity index (χ2n) is 6.12. The van der Waals surface area contributed by atoms with Crippen molar-refractivity contribution in [3.05, 3.63) is 96.6 Å². The molecular formula is C23H27NO. The van der Waals surface area contributed by atoms with Crippen LogP contribution in [0.15, 0.2) is 79.9 Å². The second kappa shape index (κ2) is 9.65. The molecule has 0 amide bonds. The van der Waals surface area contributed by atoms with Gasteiger partial charge in [-0.1, -0.05) is 73.9 Å². The number of benzene rings is 2. The lowest BCUT2D eigenvalue weighted by Crippen LogP contribution is -2.12. The first-order chi connectivity index (χ1) is 12.2. The minimum absolute atomic E-state index is 0.637. The zero-order chi connectivity index (χ0) is 18.1. The van der Waals surface area contributed by atoms with E-state index in [4.69, 9.17) is 4.74 Å². The van der Waals surface area contributed by atoms with Crippen molar-refractivity contribution in [2.24, 2.45) is 0 Å². The highest BCUT2D eigenvalue weighted by Crippen LogP contribution is 2.36. The predicted octanol–water partition coefficient (Wildman–Crippen LogP) is 5.32. The lowest BCUT2D eigenvalue weighted by Gasteiger charge is -2.12. The van der Waals surface area contributed by atoms with Crippen LogP contribution in [0.1, 0.15) is 23.1 Å². The standard InChI is InChI=1S/C19H21NO.C4H6/c1-20(2)13-7-11-17-16-9-4-3-8-15(16)14-21-19-12-6-5-10-18(17)19;1-3-4-2/h3-6,8-12H,7,13-14H2,1-2H3;3-4H,1-2H2/b17-11+;. The first-order valence-corrected chi connectivity index (χ1v) is 8.56. The lowest BCUT2D eigenvalue weighted by atomic mass is 9.93. The lowest BCUT2D eigenvalue weighted by molar-refractivity contribution is 0.307. The minimum atomic E-state index is 0.637. The summed E-state index contributed by atoms with van der Waals surface area (Å²) in [6, 6.07) is 16.9. The van der Waals surface area contributed by atoms with Crippen LogP contribution in [-0.2, 0) is 6.61 Å². The molecule has 0 saturated carbocycles. The molecule has 0 radical (unpaired) electrons. The molecule has 0 N–H and O–H groups in total. The van der Waals surface area contributed by atoms with Gasteiger partial charge in [-0.3, -0.25) is 0 Å². The van der Waals surface area contributed by atoms with Crippen molar-refractivity contribution < 1.29 is 4.74 Å². The van der Waals surface area contributed by atoms with Gasteiger partial charge in [0.05, 0.1) is 0 Å². The van der Waals surface area contributed by atoms with Gasteiger partial charge in [0.25, 0.3) is 0 Å². The number of hydrogen-bond donors (Lipinski definition) is 0. The molecule has 25 heavy (non-hydrogen) atoms. The molecule has 2 nitrogen and oxygen atoms in total. The van der Waals surface area contributed by atoms with Gasteiger partial charge < -0.3 is 9.64 Å². The Morgan fingerprint density at radius 1 is 0.960 bits per heavy atom. The van der Waals surface area contributed by atoms with Crippen molar-refractivity contribution in [2.45, 2.75) is 13.0 Å². The maximum atomic E-state index is 5.98. The van der Waals surface area contributed by atoms with Crippen LogP contribution in [0.3, 0.4) is 0 Å². The first-order valence-electron chi connectivity index (χ1n) is 8.56. The van der Waals surface area contributed by atoms with Gasteiger partial charge in [0.15, 0.2) is 0 Å². The molecule has 0 aliphatic carbocycles. The highest BCUT2D eigenvalue weighted by atomic mass is 16.5. The number of ether oxygens (including phenoxy) is 1. The Bertz CT molecular complexity index is 688. The van der Waals surface area contributed by atoms with Crippen LogP contribution in [0, 0.1) is 0 Å². The average Bonchev–Trinajstić information content (AvgIpc) is 2.79. The third-order valence-electron chi connectivity index (χ3n) is 3.96. The van der Waals surface area contributed by atoms with Crippen molar-refractivity contribution in [3.8, 4) is 5.75 Å². The quantitative estimate of drug-likeness (QED) is 0.702. The summed E-state index contributed by atoms with van der Waals surface area (Å²) in [7, 11) is 4.22. The molecule has 0 aromatic heterocycles. The Hall–Kier alpha value is -2.58. The summed E-state index contributed by atoms with van der Waals surface area (Å²) in [5.41, 5.74) is 5.03. The molecule has 0 unspecified atom stereocenters. The van der Waals surface area contributed by atoms with E-state index in [0.717, 1.165) is 18.7 Å². The summed E-state index contributed by atoms with van der Waals surface area (Å²) < 4.78 is 5.98. The molecule has 0 bridgehead atoms. The largest absolute Gasteiger partial charge is 0.488 e. The topological polar surface area (TPSA) is 12.5 Å². The molecule has 0 saturated heterocycles. The summed E-state index contributed by atoms with van der Waals surface area (Å²) in [6.07, 6.45) is 6.65. The number of fused-ring (bicyclic) bond motifs is 2. The number of para-hydroxylation sites is 1. The van der Waals surface area contributed by atoms with Crippen molar-refractivity contribution in [1.29, 1.82) is 0 Å². The molecule has 130 valence electrons. The van der Waals surface area contributed by atoms with Gasteiger partial charge in [-0.15, -0.1) is 0 Å². The van der Waals surface area contributed by atoms with Crippen molar-refractivity contribution in [3.63, 3.8) is 0 Å². The Morgan fingerprint density at radius 2 is 1.60 bits per heavy atom. The van der Waals surface area contributed by atoms with Crippen LogP contribution >= 0.6 is 0 Å². The van der Waals surface area contributed by atoms with E-state index < -0.39 is 0 Å². The summed E-state index contributed by atoms with van der Waals surface area (Å²) in [6.45, 7) is 8.41. The smallest absolute Gasteiger partial charge is 0.127 e. The van der Waals surface area contributed by atoms with Crippen LogP contribution in [0.5, 0.6) is 5.75 Å². The van der Waals surface area contributed by atoms with E-state index in [-0.39, 0.29) is 0 Å². The zero-order valence-electron chi connectivity index (χ0n) is 15.2. The Morgan fingerprint density at radius 3 is 2.28 bits per heavy atom. The van der Waals surface area contributed by atoms with Crippen molar-refractivity contribution >= 4 is 5.57 Å². The maximum absolute atomic E-state index is 5.98. The van der Waals surface area contributed by atoms with E-state index in [0.29, 0.717) is 6.61 Å². The summed E-state index contributed by atoms with van der Waals surface area (Å²) in [4.78, 5) is 2.21. The van der Waals surface area contributed by atoms with Crippen LogP contribution in [0.4, 0.5) is 0 Å². The summed E-state index contributed by atoms with van der Waals surface area (Å²) in [5, 5.41) is 0. The second-order valence-corrected chi connectivity index (χ2v) is 6.12. The van der Waals surface area contributed by atoms with E-state index in [1.54, 1.807) is 12.2 Å². The molecule has 1 aliphatic heterocycles. The van der Waals surface area contributed by atoms with Gasteiger partial charge in [0, 0.05) is 12.1 Å². The molecule has 0 atom stereocenters. The Balaban J connectivity index is 0.000000511. The predicted molar refractivity (Wildman–Crippen MR) is 108 cm³/mol. The van der Waals surface area contributed by atoms with E-state index in [1.165, 1.54) is 22.3 Å². The van der Waals surface area contributed by atoms with E-state index in [9.17, 15) is 0 Å².